The first-order valence-electron chi connectivity index (χ1n) is 5.41. The second-order valence-corrected chi connectivity index (χ2v) is 6.43. The molecular formula is C10H11N2NaO5S2. The van der Waals surface area contributed by atoms with E-state index >= 15 is 0 Å². The van der Waals surface area contributed by atoms with E-state index in [2.05, 4.69) is 5.16 Å². The molecule has 1 amide bonds. The monoisotopic (exact) mass is 326 g/mol. The summed E-state index contributed by atoms with van der Waals surface area (Å²) < 4.78 is 0.432. The average molecular weight is 326 g/mol. The standard InChI is InChI=1S/C10H12N2O5S2.Na/c1-4(13)5-7(14)12-6(9(15)16)10(19-8(5)12)18-3-2-11-17;/h2,4-5,8,13,17H,3H2,1H3,(H,15,16);/q;+1/p-1/t4?,5-,8+;/m0./s1. The molecule has 3 atom stereocenters. The van der Waals surface area contributed by atoms with Crippen LogP contribution in [0.5, 0.6) is 0 Å². The van der Waals surface area contributed by atoms with Gasteiger partial charge < -0.3 is 20.2 Å². The van der Waals surface area contributed by atoms with E-state index in [1.165, 1.54) is 24.9 Å². The normalized spacial score (nSPS) is 26.3. The Kier molecular flexibility index (Phi) is 6.42. The zero-order valence-corrected chi connectivity index (χ0v) is 14.5. The SMILES string of the molecule is CC(O)[C@H]1C(=O)N2C(C(=O)[O-])=C(SCC=NO)S[C@H]12.[Na+]. The quantitative estimate of drug-likeness (QED) is 0.174. The Hall–Kier alpha value is -0.190. The average Bonchev–Trinajstić information content (AvgIpc) is 2.64. The number of hydrogen-bond acceptors (Lipinski definition) is 8. The van der Waals surface area contributed by atoms with E-state index in [-0.39, 0.29) is 41.0 Å². The van der Waals surface area contributed by atoms with Gasteiger partial charge >= 0.3 is 29.6 Å². The van der Waals surface area contributed by atoms with Crippen molar-refractivity contribution in [3.63, 3.8) is 0 Å². The van der Waals surface area contributed by atoms with Crippen molar-refractivity contribution in [3.8, 4) is 0 Å². The molecule has 0 aromatic rings. The van der Waals surface area contributed by atoms with Crippen molar-refractivity contribution in [2.75, 3.05) is 5.75 Å². The summed E-state index contributed by atoms with van der Waals surface area (Å²) in [4.78, 5) is 24.1. The Morgan fingerprint density at radius 3 is 2.85 bits per heavy atom. The van der Waals surface area contributed by atoms with Gasteiger partial charge in [-0.1, -0.05) is 11.8 Å². The Morgan fingerprint density at radius 1 is 1.70 bits per heavy atom. The number of aliphatic hydroxyl groups is 1. The zero-order chi connectivity index (χ0) is 14.2. The molecule has 1 fully saturated rings. The van der Waals surface area contributed by atoms with Gasteiger partial charge in [0.25, 0.3) is 0 Å². The molecule has 2 rings (SSSR count). The van der Waals surface area contributed by atoms with Gasteiger partial charge in [0.1, 0.15) is 5.37 Å². The van der Waals surface area contributed by atoms with Crippen molar-refractivity contribution in [2.45, 2.75) is 18.4 Å². The molecule has 1 saturated heterocycles. The number of hydrogen-bond donors (Lipinski definition) is 2. The molecule has 0 radical (unpaired) electrons. The minimum Gasteiger partial charge on any atom is -0.543 e. The van der Waals surface area contributed by atoms with Crippen LogP contribution in [0.25, 0.3) is 0 Å². The number of carboxylic acids is 1. The van der Waals surface area contributed by atoms with Crippen LogP contribution in [0.3, 0.4) is 0 Å². The number of carbonyl (C=O) groups excluding carboxylic acids is 2. The summed E-state index contributed by atoms with van der Waals surface area (Å²) in [5.74, 6) is -2.14. The Bertz CT molecular complexity index is 482. The van der Waals surface area contributed by atoms with Gasteiger partial charge in [0.05, 0.1) is 34.1 Å². The van der Waals surface area contributed by atoms with Crippen molar-refractivity contribution in [1.82, 2.24) is 4.90 Å². The van der Waals surface area contributed by atoms with Gasteiger partial charge in [0, 0.05) is 5.75 Å². The second kappa shape index (κ2) is 7.19. The molecule has 2 aliphatic heterocycles. The second-order valence-electron chi connectivity index (χ2n) is 4.02. The van der Waals surface area contributed by atoms with E-state index < -0.39 is 29.3 Å². The number of aliphatic carboxylic acids is 1. The smallest absolute Gasteiger partial charge is 0.543 e. The first-order valence-corrected chi connectivity index (χ1v) is 7.27. The third kappa shape index (κ3) is 3.02. The molecule has 0 aromatic carbocycles. The zero-order valence-electron chi connectivity index (χ0n) is 10.8. The molecule has 7 nitrogen and oxygen atoms in total. The van der Waals surface area contributed by atoms with Gasteiger partial charge in [-0.25, -0.2) is 0 Å². The third-order valence-corrected chi connectivity index (χ3v) is 5.40. The summed E-state index contributed by atoms with van der Waals surface area (Å²) in [7, 11) is 0. The first kappa shape index (κ1) is 17.9. The Labute approximate surface area is 145 Å². The van der Waals surface area contributed by atoms with Crippen LogP contribution in [0.4, 0.5) is 0 Å². The van der Waals surface area contributed by atoms with Crippen LogP contribution in [0.15, 0.2) is 15.1 Å². The van der Waals surface area contributed by atoms with Crippen molar-refractivity contribution >= 4 is 41.6 Å². The Balaban J connectivity index is 0.00000200. The molecule has 0 bridgehead atoms. The summed E-state index contributed by atoms with van der Waals surface area (Å²) >= 11 is 2.36. The fraction of sp³-hybridized carbons (Fsp3) is 0.500. The molecule has 104 valence electrons. The predicted molar refractivity (Wildman–Crippen MR) is 68.2 cm³/mol. The van der Waals surface area contributed by atoms with Gasteiger partial charge in [-0.05, 0) is 6.92 Å². The van der Waals surface area contributed by atoms with Gasteiger partial charge in [0.15, 0.2) is 0 Å². The largest absolute Gasteiger partial charge is 1.00 e. The van der Waals surface area contributed by atoms with E-state index in [4.69, 9.17) is 5.21 Å². The molecule has 20 heavy (non-hydrogen) atoms. The fourth-order valence-corrected chi connectivity index (χ4v) is 4.69. The number of nitrogens with zero attached hydrogens (tertiary/aromatic N) is 2. The molecule has 0 spiro atoms. The summed E-state index contributed by atoms with van der Waals surface area (Å²) in [6.45, 7) is 1.50. The van der Waals surface area contributed by atoms with E-state index in [1.54, 1.807) is 0 Å². The molecule has 0 saturated carbocycles. The van der Waals surface area contributed by atoms with E-state index in [0.717, 1.165) is 16.7 Å². The molecule has 2 N–H and O–H groups in total. The van der Waals surface area contributed by atoms with Gasteiger partial charge in [-0.15, -0.1) is 16.9 Å². The number of carbonyl (C=O) groups is 2. The molecule has 0 aliphatic carbocycles. The molecule has 2 aliphatic rings. The van der Waals surface area contributed by atoms with Crippen molar-refractivity contribution in [3.05, 3.63) is 9.93 Å². The molecule has 2 heterocycles. The topological polar surface area (TPSA) is 113 Å². The third-order valence-electron chi connectivity index (χ3n) is 2.83. The number of rotatable bonds is 5. The summed E-state index contributed by atoms with van der Waals surface area (Å²) in [5.41, 5.74) is -0.159. The number of carboxylic acid groups (broad SMARTS) is 1. The number of amides is 1. The van der Waals surface area contributed by atoms with Crippen molar-refractivity contribution < 1.29 is 54.6 Å². The van der Waals surface area contributed by atoms with Crippen LogP contribution in [0.2, 0.25) is 0 Å². The number of β-lactam (4-membered cyclic amide) rings is 1. The predicted octanol–water partition coefficient (Wildman–Crippen LogP) is -3.99. The van der Waals surface area contributed by atoms with Crippen LogP contribution in [0.1, 0.15) is 6.92 Å². The summed E-state index contributed by atoms with van der Waals surface area (Å²) in [6.07, 6.45) is 0.391. The Morgan fingerprint density at radius 2 is 2.35 bits per heavy atom. The van der Waals surface area contributed by atoms with Crippen LogP contribution in [-0.4, -0.2) is 50.5 Å². The number of thioether (sulfide) groups is 2. The van der Waals surface area contributed by atoms with E-state index in [9.17, 15) is 19.8 Å². The summed E-state index contributed by atoms with van der Waals surface area (Å²) in [6, 6.07) is 0. The van der Waals surface area contributed by atoms with Crippen LogP contribution in [0, 0.1) is 5.92 Å². The van der Waals surface area contributed by atoms with Gasteiger partial charge in [-0.2, -0.15) is 0 Å². The number of fused-ring (bicyclic) bond motifs is 1. The number of aliphatic hydroxyl groups excluding tert-OH is 1. The van der Waals surface area contributed by atoms with Crippen LogP contribution >= 0.6 is 23.5 Å². The maximum Gasteiger partial charge on any atom is 1.00 e. The fourth-order valence-electron chi connectivity index (χ4n) is 1.99. The minimum atomic E-state index is -1.42. The van der Waals surface area contributed by atoms with Crippen molar-refractivity contribution in [2.24, 2.45) is 11.1 Å². The van der Waals surface area contributed by atoms with Gasteiger partial charge in [-0.3, -0.25) is 9.69 Å². The van der Waals surface area contributed by atoms with E-state index in [0.29, 0.717) is 4.24 Å². The maximum atomic E-state index is 11.8. The molecule has 0 aromatic heterocycles. The number of oxime groups is 1. The van der Waals surface area contributed by atoms with Crippen LogP contribution in [-0.2, 0) is 9.59 Å². The maximum absolute atomic E-state index is 11.8. The summed E-state index contributed by atoms with van der Waals surface area (Å²) in [5, 5.41) is 31.4. The molecule has 1 unspecified atom stereocenters. The molecular weight excluding hydrogens is 315 g/mol. The first-order chi connectivity index (χ1) is 8.99. The van der Waals surface area contributed by atoms with Crippen molar-refractivity contribution in [1.29, 1.82) is 0 Å². The van der Waals surface area contributed by atoms with Crippen LogP contribution < -0.4 is 34.7 Å². The molecule has 10 heteroatoms. The minimum absolute atomic E-state index is 0. The van der Waals surface area contributed by atoms with Gasteiger partial charge in [0.2, 0.25) is 5.91 Å². The van der Waals surface area contributed by atoms with E-state index in [1.807, 2.05) is 0 Å².